The van der Waals surface area contributed by atoms with Gasteiger partial charge in [-0.1, -0.05) is 42.0 Å². The van der Waals surface area contributed by atoms with Crippen molar-refractivity contribution in [3.8, 4) is 5.75 Å². The molecule has 2 aromatic heterocycles. The number of nitrogens with one attached hydrogen (secondary N) is 1. The Hall–Kier alpha value is -3.15. The van der Waals surface area contributed by atoms with E-state index in [1.807, 2.05) is 30.3 Å². The monoisotopic (exact) mass is 415 g/mol. The van der Waals surface area contributed by atoms with E-state index in [1.54, 1.807) is 6.20 Å². The van der Waals surface area contributed by atoms with Crippen LogP contribution in [0.15, 0.2) is 78.5 Å². The molecule has 2 aromatic carbocycles. The molecule has 0 saturated carbocycles. The number of pyridine rings is 1. The van der Waals surface area contributed by atoms with Crippen LogP contribution in [0.5, 0.6) is 5.75 Å². The molecule has 0 radical (unpaired) electrons. The van der Waals surface area contributed by atoms with E-state index < -0.39 is 6.10 Å². The molecular weight excluding hydrogens is 386 g/mol. The Balaban J connectivity index is 1.50. The van der Waals surface area contributed by atoms with E-state index in [0.717, 1.165) is 34.3 Å². The summed E-state index contributed by atoms with van der Waals surface area (Å²) in [4.78, 5) is 4.28. The largest absolute Gasteiger partial charge is 0.490 e. The Morgan fingerprint density at radius 1 is 1.06 bits per heavy atom. The van der Waals surface area contributed by atoms with Crippen molar-refractivity contribution in [2.75, 3.05) is 13.2 Å². The topological polar surface area (TPSA) is 59.3 Å². The summed E-state index contributed by atoms with van der Waals surface area (Å²) in [6.45, 7) is 6.33. The normalized spacial score (nSPS) is 12.2. The van der Waals surface area contributed by atoms with Crippen LogP contribution in [0.25, 0.3) is 21.8 Å². The first-order valence-electron chi connectivity index (χ1n) is 10.7. The maximum atomic E-state index is 10.4. The molecule has 0 fully saturated rings. The van der Waals surface area contributed by atoms with Crippen LogP contribution >= 0.6 is 0 Å². The van der Waals surface area contributed by atoms with Gasteiger partial charge in [0.1, 0.15) is 18.5 Å². The predicted molar refractivity (Wildman–Crippen MR) is 126 cm³/mol. The van der Waals surface area contributed by atoms with Gasteiger partial charge in [0.2, 0.25) is 0 Å². The molecule has 1 atom stereocenters. The standard InChI is InChI=1S/C26H29N3O2/c1-19(2)13-15-29-23-10-4-3-9-22(23)26-24(29)11-7-12-25(26)31-18-21(30)17-27-16-20-8-5-6-14-28-20/h3-14,21,27,30H,15-18H2,1-2H3. The number of allylic oxidation sites excluding steroid dienone is 2. The Kier molecular flexibility index (Phi) is 6.65. The van der Waals surface area contributed by atoms with Crippen LogP contribution in [0, 0.1) is 0 Å². The van der Waals surface area contributed by atoms with Gasteiger partial charge in [-0.2, -0.15) is 0 Å². The molecular formula is C26H29N3O2. The first-order valence-corrected chi connectivity index (χ1v) is 10.7. The van der Waals surface area contributed by atoms with Crippen molar-refractivity contribution in [1.82, 2.24) is 14.9 Å². The average molecular weight is 416 g/mol. The average Bonchev–Trinajstić information content (AvgIpc) is 3.11. The number of rotatable bonds is 9. The van der Waals surface area contributed by atoms with Crippen molar-refractivity contribution < 1.29 is 9.84 Å². The minimum Gasteiger partial charge on any atom is -0.490 e. The summed E-state index contributed by atoms with van der Waals surface area (Å²) in [7, 11) is 0. The van der Waals surface area contributed by atoms with Gasteiger partial charge in [-0.05, 0) is 44.2 Å². The molecule has 0 aliphatic heterocycles. The van der Waals surface area contributed by atoms with Crippen LogP contribution in [0.3, 0.4) is 0 Å². The third-order valence-corrected chi connectivity index (χ3v) is 5.28. The van der Waals surface area contributed by atoms with Gasteiger partial charge in [-0.3, -0.25) is 4.98 Å². The molecule has 31 heavy (non-hydrogen) atoms. The molecule has 160 valence electrons. The Labute approximate surface area is 183 Å². The molecule has 0 amide bonds. The third kappa shape index (κ3) is 4.95. The van der Waals surface area contributed by atoms with Gasteiger partial charge in [0.25, 0.3) is 0 Å². The summed E-state index contributed by atoms with van der Waals surface area (Å²) in [5.41, 5.74) is 4.56. The second kappa shape index (κ2) is 9.77. The van der Waals surface area contributed by atoms with Crippen LogP contribution in [-0.2, 0) is 13.1 Å². The van der Waals surface area contributed by atoms with Gasteiger partial charge in [0.15, 0.2) is 0 Å². The zero-order valence-electron chi connectivity index (χ0n) is 18.1. The fourth-order valence-corrected chi connectivity index (χ4v) is 3.77. The van der Waals surface area contributed by atoms with E-state index in [0.29, 0.717) is 13.1 Å². The third-order valence-electron chi connectivity index (χ3n) is 5.28. The number of hydrogen-bond donors (Lipinski definition) is 2. The number of nitrogens with zero attached hydrogens (tertiary/aromatic N) is 2. The summed E-state index contributed by atoms with van der Waals surface area (Å²) >= 11 is 0. The van der Waals surface area contributed by atoms with E-state index in [4.69, 9.17) is 4.74 Å². The first-order chi connectivity index (χ1) is 15.1. The van der Waals surface area contributed by atoms with Crippen molar-refractivity contribution in [1.29, 1.82) is 0 Å². The lowest BCUT2D eigenvalue weighted by atomic mass is 10.1. The van der Waals surface area contributed by atoms with Crippen LogP contribution in [0.4, 0.5) is 0 Å². The van der Waals surface area contributed by atoms with Gasteiger partial charge in [0.05, 0.1) is 11.2 Å². The molecule has 5 heteroatoms. The van der Waals surface area contributed by atoms with E-state index in [1.165, 1.54) is 11.1 Å². The highest BCUT2D eigenvalue weighted by Gasteiger charge is 2.15. The van der Waals surface area contributed by atoms with E-state index in [9.17, 15) is 5.11 Å². The van der Waals surface area contributed by atoms with Crippen molar-refractivity contribution in [2.24, 2.45) is 0 Å². The zero-order valence-corrected chi connectivity index (χ0v) is 18.1. The lowest BCUT2D eigenvalue weighted by Gasteiger charge is -2.14. The molecule has 0 aliphatic rings. The summed E-state index contributed by atoms with van der Waals surface area (Å²) in [5.74, 6) is 0.799. The fourth-order valence-electron chi connectivity index (χ4n) is 3.77. The first kappa shape index (κ1) is 21.1. The second-order valence-electron chi connectivity index (χ2n) is 7.98. The van der Waals surface area contributed by atoms with Crippen molar-refractivity contribution in [2.45, 2.75) is 33.0 Å². The Morgan fingerprint density at radius 2 is 1.87 bits per heavy atom. The van der Waals surface area contributed by atoms with E-state index in [2.05, 4.69) is 65.1 Å². The molecule has 1 unspecified atom stereocenters. The molecule has 5 nitrogen and oxygen atoms in total. The number of para-hydroxylation sites is 1. The maximum Gasteiger partial charge on any atom is 0.129 e. The molecule has 4 rings (SSSR count). The highest BCUT2D eigenvalue weighted by atomic mass is 16.5. The van der Waals surface area contributed by atoms with Crippen molar-refractivity contribution in [3.05, 3.63) is 84.2 Å². The molecule has 0 aliphatic carbocycles. The number of aromatic nitrogens is 2. The highest BCUT2D eigenvalue weighted by Crippen LogP contribution is 2.35. The zero-order chi connectivity index (χ0) is 21.6. The number of aliphatic hydroxyl groups excluding tert-OH is 1. The van der Waals surface area contributed by atoms with Crippen LogP contribution in [0.1, 0.15) is 19.5 Å². The predicted octanol–water partition coefficient (Wildman–Crippen LogP) is 4.69. The SMILES string of the molecule is CC(C)=CCn1c2ccccc2c2c(OCC(O)CNCc3ccccn3)cccc21. The van der Waals surface area contributed by atoms with E-state index >= 15 is 0 Å². The smallest absolute Gasteiger partial charge is 0.129 e. The number of hydrogen-bond acceptors (Lipinski definition) is 4. The Morgan fingerprint density at radius 3 is 2.68 bits per heavy atom. The number of aliphatic hydroxyl groups is 1. The van der Waals surface area contributed by atoms with Crippen LogP contribution in [-0.4, -0.2) is 33.9 Å². The van der Waals surface area contributed by atoms with E-state index in [-0.39, 0.29) is 6.61 Å². The fraction of sp³-hybridized carbons (Fsp3) is 0.269. The molecule has 4 aromatic rings. The molecule has 0 bridgehead atoms. The van der Waals surface area contributed by atoms with Gasteiger partial charge >= 0.3 is 0 Å². The quantitative estimate of drug-likeness (QED) is 0.390. The molecule has 0 spiro atoms. The molecule has 2 N–H and O–H groups in total. The lowest BCUT2D eigenvalue weighted by Crippen LogP contribution is -2.31. The van der Waals surface area contributed by atoms with Crippen LogP contribution in [0.2, 0.25) is 0 Å². The second-order valence-corrected chi connectivity index (χ2v) is 7.98. The van der Waals surface area contributed by atoms with Gasteiger partial charge in [0, 0.05) is 42.1 Å². The Bertz CT molecular complexity index is 1180. The molecule has 2 heterocycles. The van der Waals surface area contributed by atoms with Gasteiger partial charge in [-0.15, -0.1) is 0 Å². The van der Waals surface area contributed by atoms with Crippen molar-refractivity contribution in [3.63, 3.8) is 0 Å². The number of benzene rings is 2. The lowest BCUT2D eigenvalue weighted by molar-refractivity contribution is 0.107. The molecule has 0 saturated heterocycles. The summed E-state index contributed by atoms with van der Waals surface area (Å²) in [6, 6.07) is 20.3. The summed E-state index contributed by atoms with van der Waals surface area (Å²) in [6.07, 6.45) is 3.39. The van der Waals surface area contributed by atoms with Crippen molar-refractivity contribution >= 4 is 21.8 Å². The number of ether oxygens (including phenoxy) is 1. The minimum atomic E-state index is -0.613. The summed E-state index contributed by atoms with van der Waals surface area (Å²) in [5, 5.41) is 15.9. The summed E-state index contributed by atoms with van der Waals surface area (Å²) < 4.78 is 8.41. The minimum absolute atomic E-state index is 0.224. The van der Waals surface area contributed by atoms with Gasteiger partial charge in [-0.25, -0.2) is 0 Å². The number of fused-ring (bicyclic) bond motifs is 3. The van der Waals surface area contributed by atoms with Crippen LogP contribution < -0.4 is 10.1 Å². The maximum absolute atomic E-state index is 10.4. The highest BCUT2D eigenvalue weighted by molar-refractivity contribution is 6.11. The van der Waals surface area contributed by atoms with Gasteiger partial charge < -0.3 is 19.7 Å².